The maximum atomic E-state index is 12.2. The first kappa shape index (κ1) is 16.9. The summed E-state index contributed by atoms with van der Waals surface area (Å²) in [6.07, 6.45) is 4.27. The van der Waals surface area contributed by atoms with Crippen LogP contribution in [0.4, 0.5) is 0 Å². The van der Waals surface area contributed by atoms with Crippen molar-refractivity contribution >= 4 is 29.2 Å². The van der Waals surface area contributed by atoms with Crippen LogP contribution in [0.15, 0.2) is 18.2 Å². The highest BCUT2D eigenvalue weighted by atomic mass is 35.5. The van der Waals surface area contributed by atoms with E-state index in [0.717, 1.165) is 12.8 Å². The Labute approximate surface area is 140 Å². The molecular weight excluding hydrogens is 333 g/mol. The number of hydrogen-bond acceptors (Lipinski definition) is 3. The molecule has 0 N–H and O–H groups in total. The van der Waals surface area contributed by atoms with Crippen molar-refractivity contribution in [2.24, 2.45) is 0 Å². The highest BCUT2D eigenvalue weighted by Crippen LogP contribution is 2.35. The Bertz CT molecular complexity index is 503. The molecule has 2 aliphatic heterocycles. The molecule has 3 rings (SSSR count). The summed E-state index contributed by atoms with van der Waals surface area (Å²) >= 11 is 11.8. The number of piperidine rings is 1. The highest BCUT2D eigenvalue weighted by molar-refractivity contribution is 6.35. The van der Waals surface area contributed by atoms with Crippen LogP contribution < -0.4 is 12.4 Å². The van der Waals surface area contributed by atoms with Gasteiger partial charge in [0.1, 0.15) is 6.10 Å². The number of carbonyl (C=O) groups is 1. The van der Waals surface area contributed by atoms with Gasteiger partial charge in [0.05, 0.1) is 5.56 Å². The van der Waals surface area contributed by atoms with Gasteiger partial charge in [0, 0.05) is 35.0 Å². The first-order valence-electron chi connectivity index (χ1n) is 6.92. The van der Waals surface area contributed by atoms with Crippen LogP contribution in [-0.2, 0) is 4.74 Å². The second kappa shape index (κ2) is 6.74. The van der Waals surface area contributed by atoms with Crippen LogP contribution >= 0.6 is 23.2 Å². The molecule has 0 saturated carbocycles. The van der Waals surface area contributed by atoms with Gasteiger partial charge in [-0.25, -0.2) is 4.79 Å². The van der Waals surface area contributed by atoms with Gasteiger partial charge in [-0.1, -0.05) is 23.2 Å². The lowest BCUT2D eigenvalue weighted by Crippen LogP contribution is -3.00. The number of ether oxygens (including phenoxy) is 1. The Morgan fingerprint density at radius 1 is 1.14 bits per heavy atom. The van der Waals surface area contributed by atoms with Crippen molar-refractivity contribution in [2.75, 3.05) is 7.05 Å². The van der Waals surface area contributed by atoms with Crippen LogP contribution in [0.5, 0.6) is 0 Å². The van der Waals surface area contributed by atoms with Crippen LogP contribution in [0.2, 0.25) is 10.0 Å². The summed E-state index contributed by atoms with van der Waals surface area (Å²) in [6, 6.07) is 5.90. The molecule has 2 heterocycles. The molecule has 0 amide bonds. The average molecular weight is 350 g/mol. The first-order valence-corrected chi connectivity index (χ1v) is 7.67. The van der Waals surface area contributed by atoms with E-state index in [9.17, 15) is 4.79 Å². The van der Waals surface area contributed by atoms with Gasteiger partial charge < -0.3 is 22.0 Å². The van der Waals surface area contributed by atoms with Crippen molar-refractivity contribution in [1.29, 1.82) is 0 Å². The summed E-state index contributed by atoms with van der Waals surface area (Å²) < 4.78 is 5.63. The molecule has 2 saturated heterocycles. The Morgan fingerprint density at radius 3 is 2.19 bits per heavy atom. The van der Waals surface area contributed by atoms with Gasteiger partial charge in [0.25, 0.3) is 0 Å². The summed E-state index contributed by atoms with van der Waals surface area (Å²) in [5, 5.41) is 0.904. The molecule has 2 bridgehead atoms. The summed E-state index contributed by atoms with van der Waals surface area (Å²) in [5.41, 5.74) is 0.425. The lowest BCUT2D eigenvalue weighted by atomic mass is 10.0. The van der Waals surface area contributed by atoms with Crippen molar-refractivity contribution in [3.63, 3.8) is 0 Å². The van der Waals surface area contributed by atoms with E-state index in [4.69, 9.17) is 27.9 Å². The Morgan fingerprint density at radius 2 is 1.67 bits per heavy atom. The smallest absolute Gasteiger partial charge is 0.338 e. The molecule has 0 radical (unpaired) electrons. The lowest BCUT2D eigenvalue weighted by Gasteiger charge is -2.35. The largest absolute Gasteiger partial charge is 1.00 e. The SMILES string of the molecule is CN1C2CCC1CC(OC(=O)c1cc(Cl)cc(Cl)c1)C2.[Cl-]. The molecule has 6 heteroatoms. The van der Waals surface area contributed by atoms with Gasteiger partial charge in [-0.05, 0) is 38.1 Å². The minimum absolute atomic E-state index is 0. The van der Waals surface area contributed by atoms with Gasteiger partial charge in [0.2, 0.25) is 0 Å². The van der Waals surface area contributed by atoms with Crippen LogP contribution in [0, 0.1) is 0 Å². The molecule has 21 heavy (non-hydrogen) atoms. The van der Waals surface area contributed by atoms with Crippen LogP contribution in [0.3, 0.4) is 0 Å². The number of benzene rings is 1. The minimum atomic E-state index is -0.330. The number of fused-ring (bicyclic) bond motifs is 2. The molecular formula is C15H17Cl3NO2-. The van der Waals surface area contributed by atoms with E-state index in [-0.39, 0.29) is 24.5 Å². The molecule has 0 aromatic heterocycles. The van der Waals surface area contributed by atoms with Gasteiger partial charge >= 0.3 is 5.97 Å². The maximum absolute atomic E-state index is 12.2. The van der Waals surface area contributed by atoms with E-state index >= 15 is 0 Å². The van der Waals surface area contributed by atoms with E-state index in [0.29, 0.717) is 27.7 Å². The summed E-state index contributed by atoms with van der Waals surface area (Å²) in [7, 11) is 2.16. The van der Waals surface area contributed by atoms with Gasteiger partial charge in [-0.2, -0.15) is 0 Å². The number of carbonyl (C=O) groups excluding carboxylic acids is 1. The van der Waals surface area contributed by atoms with E-state index in [2.05, 4.69) is 11.9 Å². The molecule has 2 aliphatic rings. The number of nitrogens with zero attached hydrogens (tertiary/aromatic N) is 1. The number of hydrogen-bond donors (Lipinski definition) is 0. The third-order valence-corrected chi connectivity index (χ3v) is 4.86. The van der Waals surface area contributed by atoms with Crippen molar-refractivity contribution in [3.05, 3.63) is 33.8 Å². The zero-order chi connectivity index (χ0) is 14.3. The van der Waals surface area contributed by atoms with Gasteiger partial charge in [-0.15, -0.1) is 0 Å². The lowest BCUT2D eigenvalue weighted by molar-refractivity contribution is -0.00117. The fraction of sp³-hybridized carbons (Fsp3) is 0.533. The minimum Gasteiger partial charge on any atom is -1.00 e. The normalized spacial score (nSPS) is 28.0. The van der Waals surface area contributed by atoms with Crippen molar-refractivity contribution in [1.82, 2.24) is 4.90 Å². The molecule has 116 valence electrons. The van der Waals surface area contributed by atoms with Crippen molar-refractivity contribution in [2.45, 2.75) is 43.9 Å². The highest BCUT2D eigenvalue weighted by Gasteiger charge is 2.39. The zero-order valence-corrected chi connectivity index (χ0v) is 14.0. The molecule has 0 aliphatic carbocycles. The first-order chi connectivity index (χ1) is 9.52. The number of halogens is 3. The standard InChI is InChI=1S/C15H17Cl2NO2.ClH/c1-18-12-2-3-13(18)8-14(7-12)20-15(19)9-4-10(16)6-11(17)5-9;/h4-6,12-14H,2-3,7-8H2,1H3;1H/p-1. The van der Waals surface area contributed by atoms with E-state index in [1.165, 1.54) is 12.8 Å². The maximum Gasteiger partial charge on any atom is 0.338 e. The fourth-order valence-corrected chi connectivity index (χ4v) is 3.87. The Hall–Kier alpha value is -0.480. The van der Waals surface area contributed by atoms with Crippen molar-refractivity contribution in [3.8, 4) is 0 Å². The monoisotopic (exact) mass is 348 g/mol. The molecule has 1 aromatic rings. The predicted molar refractivity (Wildman–Crippen MR) is 79.5 cm³/mol. The molecule has 2 unspecified atom stereocenters. The quantitative estimate of drug-likeness (QED) is 0.739. The third kappa shape index (κ3) is 3.65. The molecule has 2 atom stereocenters. The van der Waals surface area contributed by atoms with E-state index in [1.54, 1.807) is 18.2 Å². The third-order valence-electron chi connectivity index (χ3n) is 4.43. The summed E-state index contributed by atoms with van der Waals surface area (Å²) in [5.74, 6) is -0.330. The van der Waals surface area contributed by atoms with Crippen LogP contribution in [-0.4, -0.2) is 36.1 Å². The van der Waals surface area contributed by atoms with Gasteiger partial charge in [0.15, 0.2) is 0 Å². The van der Waals surface area contributed by atoms with Crippen LogP contribution in [0.25, 0.3) is 0 Å². The van der Waals surface area contributed by atoms with E-state index in [1.807, 2.05) is 0 Å². The average Bonchev–Trinajstić information content (AvgIpc) is 2.61. The summed E-state index contributed by atoms with van der Waals surface area (Å²) in [4.78, 5) is 14.6. The topological polar surface area (TPSA) is 29.5 Å². The zero-order valence-electron chi connectivity index (χ0n) is 11.7. The predicted octanol–water partition coefficient (Wildman–Crippen LogP) is 0.779. The number of rotatable bonds is 2. The summed E-state index contributed by atoms with van der Waals surface area (Å²) in [6.45, 7) is 0. The Kier molecular flexibility index (Phi) is 5.42. The second-order valence-corrected chi connectivity index (χ2v) is 6.58. The fourth-order valence-electron chi connectivity index (χ4n) is 3.35. The molecule has 0 spiro atoms. The van der Waals surface area contributed by atoms with Gasteiger partial charge in [-0.3, -0.25) is 0 Å². The molecule has 3 nitrogen and oxygen atoms in total. The van der Waals surface area contributed by atoms with E-state index < -0.39 is 0 Å². The molecule has 1 aromatic carbocycles. The number of esters is 1. The van der Waals surface area contributed by atoms with Crippen molar-refractivity contribution < 1.29 is 21.9 Å². The van der Waals surface area contributed by atoms with Crippen LogP contribution in [0.1, 0.15) is 36.0 Å². The second-order valence-electron chi connectivity index (χ2n) is 5.71. The Balaban J connectivity index is 0.00000161. The molecule has 2 fully saturated rings.